The molecule has 1 amide bonds. The summed E-state index contributed by atoms with van der Waals surface area (Å²) >= 11 is 0. The van der Waals surface area contributed by atoms with Crippen LogP contribution < -0.4 is 0 Å². The third kappa shape index (κ3) is 3.04. The van der Waals surface area contributed by atoms with Crippen LogP contribution in [0.1, 0.15) is 21.8 Å². The Morgan fingerprint density at radius 2 is 1.61 bits per heavy atom. The zero-order chi connectivity index (χ0) is 16.4. The minimum atomic E-state index is -0.889. The Balaban J connectivity index is 1.84. The molecule has 2 unspecified atom stereocenters. The summed E-state index contributed by atoms with van der Waals surface area (Å²) in [4.78, 5) is 25.7. The monoisotopic (exact) mass is 311 g/mol. The van der Waals surface area contributed by atoms with Crippen molar-refractivity contribution in [1.82, 2.24) is 4.90 Å². The van der Waals surface area contributed by atoms with E-state index in [2.05, 4.69) is 0 Å². The average Bonchev–Trinajstić information content (AvgIpc) is 3.01. The molecule has 5 nitrogen and oxygen atoms in total. The number of hydrogen-bond acceptors (Lipinski definition) is 3. The number of carbonyl (C=O) groups is 2. The lowest BCUT2D eigenvalue weighted by molar-refractivity contribution is -0.141. The Labute approximate surface area is 133 Å². The molecule has 5 heteroatoms. The van der Waals surface area contributed by atoms with Gasteiger partial charge in [-0.15, -0.1) is 0 Å². The van der Waals surface area contributed by atoms with Crippen molar-refractivity contribution in [1.29, 1.82) is 0 Å². The number of aliphatic carboxylic acids is 1. The number of hydrogen-bond donors (Lipinski definition) is 2. The molecule has 1 fully saturated rings. The van der Waals surface area contributed by atoms with Gasteiger partial charge in [0.25, 0.3) is 5.91 Å². The lowest BCUT2D eigenvalue weighted by Gasteiger charge is -2.16. The second-order valence-electron chi connectivity index (χ2n) is 5.72. The highest BCUT2D eigenvalue weighted by Crippen LogP contribution is 2.33. The molecule has 2 aromatic rings. The molecule has 0 radical (unpaired) electrons. The normalized spacial score (nSPS) is 20.4. The van der Waals surface area contributed by atoms with Gasteiger partial charge in [0.05, 0.1) is 5.92 Å². The molecule has 2 atom stereocenters. The fourth-order valence-electron chi connectivity index (χ4n) is 3.04. The van der Waals surface area contributed by atoms with Gasteiger partial charge >= 0.3 is 5.97 Å². The molecule has 1 aliphatic heterocycles. The van der Waals surface area contributed by atoms with Gasteiger partial charge in [-0.1, -0.05) is 30.3 Å². The largest absolute Gasteiger partial charge is 0.508 e. The first-order valence-electron chi connectivity index (χ1n) is 7.42. The highest BCUT2D eigenvalue weighted by atomic mass is 16.4. The topological polar surface area (TPSA) is 77.8 Å². The van der Waals surface area contributed by atoms with E-state index in [9.17, 15) is 19.8 Å². The Bertz CT molecular complexity index is 712. The van der Waals surface area contributed by atoms with Crippen molar-refractivity contribution in [2.24, 2.45) is 5.92 Å². The Hall–Kier alpha value is -2.82. The molecule has 2 aromatic carbocycles. The predicted octanol–water partition coefficient (Wildman–Crippen LogP) is 2.33. The number of aromatic hydroxyl groups is 1. The van der Waals surface area contributed by atoms with Crippen LogP contribution >= 0.6 is 0 Å². The van der Waals surface area contributed by atoms with E-state index in [0.717, 1.165) is 5.56 Å². The number of phenolic OH excluding ortho intramolecular Hbond substituents is 1. The van der Waals surface area contributed by atoms with E-state index in [0.29, 0.717) is 12.1 Å². The van der Waals surface area contributed by atoms with Gasteiger partial charge in [0.1, 0.15) is 5.75 Å². The SMILES string of the molecule is O=C(O)C1CN(C(=O)c2ccc(O)cc2)CC1c1ccccc1. The highest BCUT2D eigenvalue weighted by molar-refractivity contribution is 5.95. The molecular weight excluding hydrogens is 294 g/mol. The molecule has 23 heavy (non-hydrogen) atoms. The molecule has 1 heterocycles. The smallest absolute Gasteiger partial charge is 0.308 e. The zero-order valence-electron chi connectivity index (χ0n) is 12.4. The van der Waals surface area contributed by atoms with Crippen molar-refractivity contribution in [3.8, 4) is 5.75 Å². The van der Waals surface area contributed by atoms with Crippen LogP contribution in [0.4, 0.5) is 0 Å². The van der Waals surface area contributed by atoms with Crippen LogP contribution in [0.3, 0.4) is 0 Å². The van der Waals surface area contributed by atoms with E-state index in [1.54, 1.807) is 17.0 Å². The number of benzene rings is 2. The molecule has 0 saturated carbocycles. The van der Waals surface area contributed by atoms with E-state index >= 15 is 0 Å². The summed E-state index contributed by atoms with van der Waals surface area (Å²) < 4.78 is 0. The van der Waals surface area contributed by atoms with Gasteiger partial charge in [-0.2, -0.15) is 0 Å². The number of nitrogens with zero attached hydrogens (tertiary/aromatic N) is 1. The quantitative estimate of drug-likeness (QED) is 0.912. The van der Waals surface area contributed by atoms with Crippen LogP contribution in [0, 0.1) is 5.92 Å². The van der Waals surface area contributed by atoms with Crippen molar-refractivity contribution < 1.29 is 19.8 Å². The zero-order valence-corrected chi connectivity index (χ0v) is 12.4. The first-order valence-corrected chi connectivity index (χ1v) is 7.42. The van der Waals surface area contributed by atoms with E-state index in [-0.39, 0.29) is 24.1 Å². The summed E-state index contributed by atoms with van der Waals surface area (Å²) in [7, 11) is 0. The Morgan fingerprint density at radius 3 is 2.22 bits per heavy atom. The number of carbonyl (C=O) groups excluding carboxylic acids is 1. The molecule has 0 bridgehead atoms. The molecule has 1 aliphatic rings. The number of amides is 1. The van der Waals surface area contributed by atoms with Gasteiger partial charge in [-0.3, -0.25) is 9.59 Å². The van der Waals surface area contributed by atoms with Crippen molar-refractivity contribution in [3.05, 3.63) is 65.7 Å². The Morgan fingerprint density at radius 1 is 0.957 bits per heavy atom. The van der Waals surface area contributed by atoms with Crippen molar-refractivity contribution in [3.63, 3.8) is 0 Å². The first kappa shape index (κ1) is 15.1. The van der Waals surface area contributed by atoms with Crippen molar-refractivity contribution >= 4 is 11.9 Å². The van der Waals surface area contributed by atoms with Gasteiger partial charge in [-0.25, -0.2) is 0 Å². The number of likely N-dealkylation sites (tertiary alicyclic amines) is 1. The lowest BCUT2D eigenvalue weighted by atomic mass is 9.89. The van der Waals surface area contributed by atoms with Crippen LogP contribution in [-0.2, 0) is 4.79 Å². The van der Waals surface area contributed by atoms with E-state index in [4.69, 9.17) is 0 Å². The molecule has 0 aromatic heterocycles. The molecule has 1 saturated heterocycles. The third-order valence-electron chi connectivity index (χ3n) is 4.27. The van der Waals surface area contributed by atoms with E-state index in [1.807, 2.05) is 30.3 Å². The Kier molecular flexibility index (Phi) is 4.02. The highest BCUT2D eigenvalue weighted by Gasteiger charge is 2.40. The molecule has 118 valence electrons. The fraction of sp³-hybridized carbons (Fsp3) is 0.222. The summed E-state index contributed by atoms with van der Waals surface area (Å²) in [5.74, 6) is -1.84. The summed E-state index contributed by atoms with van der Waals surface area (Å²) in [5, 5.41) is 18.8. The van der Waals surface area contributed by atoms with Gasteiger partial charge in [-0.05, 0) is 29.8 Å². The number of phenols is 1. The maximum Gasteiger partial charge on any atom is 0.308 e. The van der Waals surface area contributed by atoms with Crippen molar-refractivity contribution in [2.45, 2.75) is 5.92 Å². The molecular formula is C18H17NO4. The second kappa shape index (κ2) is 6.12. The number of carboxylic acids is 1. The van der Waals surface area contributed by atoms with Crippen LogP contribution in [0.25, 0.3) is 0 Å². The molecule has 0 aliphatic carbocycles. The minimum absolute atomic E-state index is 0.0912. The van der Waals surface area contributed by atoms with Crippen molar-refractivity contribution in [2.75, 3.05) is 13.1 Å². The third-order valence-corrected chi connectivity index (χ3v) is 4.27. The molecule has 0 spiro atoms. The van der Waals surface area contributed by atoms with E-state index < -0.39 is 11.9 Å². The van der Waals surface area contributed by atoms with Gasteiger partial charge in [0.2, 0.25) is 0 Å². The lowest BCUT2D eigenvalue weighted by Crippen LogP contribution is -2.29. The molecule has 3 rings (SSSR count). The number of rotatable bonds is 3. The van der Waals surface area contributed by atoms with Crippen LogP contribution in [0.15, 0.2) is 54.6 Å². The van der Waals surface area contributed by atoms with Gasteiger partial charge in [0.15, 0.2) is 0 Å². The van der Waals surface area contributed by atoms with Crippen LogP contribution in [-0.4, -0.2) is 40.1 Å². The maximum absolute atomic E-state index is 12.6. The van der Waals surface area contributed by atoms with Gasteiger partial charge < -0.3 is 15.1 Å². The summed E-state index contributed by atoms with van der Waals surface area (Å²) in [6, 6.07) is 15.4. The average molecular weight is 311 g/mol. The van der Waals surface area contributed by atoms with Crippen LogP contribution in [0.2, 0.25) is 0 Å². The van der Waals surface area contributed by atoms with E-state index in [1.165, 1.54) is 12.1 Å². The second-order valence-corrected chi connectivity index (χ2v) is 5.72. The predicted molar refractivity (Wildman–Crippen MR) is 84.3 cm³/mol. The van der Waals surface area contributed by atoms with Crippen LogP contribution in [0.5, 0.6) is 5.75 Å². The first-order chi connectivity index (χ1) is 11.1. The standard InChI is InChI=1S/C18H17NO4/c20-14-8-6-13(7-9-14)17(21)19-10-15(16(11-19)18(22)23)12-4-2-1-3-5-12/h1-9,15-16,20H,10-11H2,(H,22,23). The summed E-state index contributed by atoms with van der Waals surface area (Å²) in [6.07, 6.45) is 0. The molecule has 2 N–H and O–H groups in total. The summed E-state index contributed by atoms with van der Waals surface area (Å²) in [5.41, 5.74) is 1.38. The maximum atomic E-state index is 12.6. The fourth-order valence-corrected chi connectivity index (χ4v) is 3.04. The minimum Gasteiger partial charge on any atom is -0.508 e. The summed E-state index contributed by atoms with van der Waals surface area (Å²) in [6.45, 7) is 0.565. The van der Waals surface area contributed by atoms with Gasteiger partial charge in [0, 0.05) is 24.6 Å². The number of carboxylic acid groups (broad SMARTS) is 1.